The quantitative estimate of drug-likeness (QED) is 0.528. The summed E-state index contributed by atoms with van der Waals surface area (Å²) < 4.78 is 62.2. The molecular weight excluding hydrogens is 478 g/mol. The van der Waals surface area contributed by atoms with Gasteiger partial charge in [-0.1, -0.05) is 0 Å². The maximum Gasteiger partial charge on any atom is 0.418 e. The van der Waals surface area contributed by atoms with Gasteiger partial charge in [-0.2, -0.15) is 23.1 Å². The zero-order valence-corrected chi connectivity index (χ0v) is 20.0. The van der Waals surface area contributed by atoms with Crippen LogP contribution in [0.1, 0.15) is 25.3 Å². The molecule has 5 rings (SSSR count). The number of pyridine rings is 2. The molecule has 0 aromatic carbocycles. The summed E-state index contributed by atoms with van der Waals surface area (Å²) in [6.07, 6.45) is -0.815. The smallest absolute Gasteiger partial charge is 0.418 e. The SMILES string of the molecule is C[C@@H]1CNCCN1c1nc(OC[C@@H]2CCCN2C)nc2nc(-c3ccncc3C(F)(F)F)c(F)cc12. The van der Waals surface area contributed by atoms with Gasteiger partial charge in [0.1, 0.15) is 23.9 Å². The maximum atomic E-state index is 15.3. The van der Waals surface area contributed by atoms with E-state index in [9.17, 15) is 13.2 Å². The van der Waals surface area contributed by atoms with Crippen LogP contribution in [0.4, 0.5) is 23.4 Å². The fourth-order valence-corrected chi connectivity index (χ4v) is 4.81. The van der Waals surface area contributed by atoms with Crippen molar-refractivity contribution in [2.75, 3.05) is 44.7 Å². The van der Waals surface area contributed by atoms with Gasteiger partial charge in [0.2, 0.25) is 0 Å². The van der Waals surface area contributed by atoms with E-state index >= 15 is 4.39 Å². The standard InChI is InChI=1S/C24H27F4N7O/c1-14-11-30-7-9-35(14)22-17-10-19(25)20(16-5-6-29-12-18(16)24(26,27)28)31-21(17)32-23(33-22)36-13-15-4-3-8-34(15)2/h5-6,10,12,14-15,30H,3-4,7-9,11,13H2,1-2H3/t14-,15+/m1/s1. The van der Waals surface area contributed by atoms with Gasteiger partial charge >= 0.3 is 12.2 Å². The average Bonchev–Trinajstić information content (AvgIpc) is 3.26. The van der Waals surface area contributed by atoms with E-state index in [1.165, 1.54) is 6.20 Å². The predicted molar refractivity (Wildman–Crippen MR) is 126 cm³/mol. The maximum absolute atomic E-state index is 15.3. The van der Waals surface area contributed by atoms with Gasteiger partial charge in [-0.05, 0) is 45.5 Å². The predicted octanol–water partition coefficient (Wildman–Crippen LogP) is 3.52. The molecule has 36 heavy (non-hydrogen) atoms. The molecule has 0 radical (unpaired) electrons. The molecule has 1 N–H and O–H groups in total. The highest BCUT2D eigenvalue weighted by Gasteiger charge is 2.35. The van der Waals surface area contributed by atoms with Crippen LogP contribution < -0.4 is 15.0 Å². The molecular formula is C24H27F4N7O. The Balaban J connectivity index is 1.62. The fourth-order valence-electron chi connectivity index (χ4n) is 4.81. The first-order valence-electron chi connectivity index (χ1n) is 11.9. The van der Waals surface area contributed by atoms with E-state index in [-0.39, 0.29) is 23.7 Å². The molecule has 2 saturated heterocycles. The lowest BCUT2D eigenvalue weighted by Gasteiger charge is -2.35. The Morgan fingerprint density at radius 1 is 1.19 bits per heavy atom. The lowest BCUT2D eigenvalue weighted by Crippen LogP contribution is -2.50. The van der Waals surface area contributed by atoms with Crippen molar-refractivity contribution >= 4 is 16.9 Å². The van der Waals surface area contributed by atoms with Crippen LogP contribution in [-0.4, -0.2) is 76.8 Å². The first-order valence-corrected chi connectivity index (χ1v) is 11.9. The number of rotatable bonds is 5. The zero-order valence-electron chi connectivity index (χ0n) is 20.0. The van der Waals surface area contributed by atoms with Crippen LogP contribution in [0.5, 0.6) is 6.01 Å². The third kappa shape index (κ3) is 4.79. The first-order chi connectivity index (χ1) is 17.2. The summed E-state index contributed by atoms with van der Waals surface area (Å²) in [5, 5.41) is 3.62. The molecule has 3 aromatic rings. The number of hydrogen-bond donors (Lipinski definition) is 1. The number of fused-ring (bicyclic) bond motifs is 1. The van der Waals surface area contributed by atoms with Crippen molar-refractivity contribution in [3.05, 3.63) is 35.9 Å². The number of anilines is 1. The Hall–Kier alpha value is -3.12. The molecule has 192 valence electrons. The second-order valence-corrected chi connectivity index (χ2v) is 9.27. The number of nitrogens with one attached hydrogen (secondary N) is 1. The summed E-state index contributed by atoms with van der Waals surface area (Å²) in [5.74, 6) is -0.444. The van der Waals surface area contributed by atoms with E-state index in [0.717, 1.165) is 31.5 Å². The molecule has 5 heterocycles. The van der Waals surface area contributed by atoms with Gasteiger partial charge in [0.25, 0.3) is 0 Å². The lowest BCUT2D eigenvalue weighted by molar-refractivity contribution is -0.137. The van der Waals surface area contributed by atoms with Gasteiger partial charge < -0.3 is 19.9 Å². The largest absolute Gasteiger partial charge is 0.462 e. The van der Waals surface area contributed by atoms with Crippen molar-refractivity contribution in [2.45, 2.75) is 38.0 Å². The Labute approximate surface area is 205 Å². The van der Waals surface area contributed by atoms with Crippen molar-refractivity contribution < 1.29 is 22.3 Å². The van der Waals surface area contributed by atoms with Crippen LogP contribution in [0.3, 0.4) is 0 Å². The third-order valence-corrected chi connectivity index (χ3v) is 6.83. The number of hydrogen-bond acceptors (Lipinski definition) is 8. The van der Waals surface area contributed by atoms with E-state index in [1.807, 2.05) is 18.9 Å². The normalized spacial score (nSPS) is 21.3. The Kier molecular flexibility index (Phi) is 6.64. The van der Waals surface area contributed by atoms with Crippen LogP contribution >= 0.6 is 0 Å². The molecule has 8 nitrogen and oxygen atoms in total. The number of likely N-dealkylation sites (N-methyl/N-ethyl adjacent to an activating group) is 1. The molecule has 2 atom stereocenters. The van der Waals surface area contributed by atoms with E-state index in [2.05, 4.69) is 30.2 Å². The first kappa shape index (κ1) is 24.6. The lowest BCUT2D eigenvalue weighted by atomic mass is 10.0. The molecule has 2 aliphatic rings. The minimum absolute atomic E-state index is 0.0467. The Bertz CT molecular complexity index is 1260. The summed E-state index contributed by atoms with van der Waals surface area (Å²) in [5.41, 5.74) is -1.84. The van der Waals surface area contributed by atoms with Crippen molar-refractivity contribution in [3.8, 4) is 17.3 Å². The van der Waals surface area contributed by atoms with Crippen LogP contribution in [0.25, 0.3) is 22.3 Å². The molecule has 0 saturated carbocycles. The minimum Gasteiger partial charge on any atom is -0.462 e. The van der Waals surface area contributed by atoms with Crippen molar-refractivity contribution in [3.63, 3.8) is 0 Å². The van der Waals surface area contributed by atoms with Crippen molar-refractivity contribution in [1.29, 1.82) is 0 Å². The van der Waals surface area contributed by atoms with E-state index < -0.39 is 28.8 Å². The number of alkyl halides is 3. The molecule has 0 bridgehead atoms. The van der Waals surface area contributed by atoms with E-state index in [1.54, 1.807) is 0 Å². The monoisotopic (exact) mass is 505 g/mol. The van der Waals surface area contributed by atoms with Crippen LogP contribution in [0.15, 0.2) is 24.5 Å². The number of likely N-dealkylation sites (tertiary alicyclic amines) is 1. The van der Waals surface area contributed by atoms with Gasteiger partial charge in [-0.3, -0.25) is 4.98 Å². The molecule has 0 amide bonds. The molecule has 3 aromatic heterocycles. The number of piperazine rings is 1. The molecule has 2 fully saturated rings. The minimum atomic E-state index is -4.72. The molecule has 0 spiro atoms. The number of aromatic nitrogens is 4. The topological polar surface area (TPSA) is 79.3 Å². The zero-order chi connectivity index (χ0) is 25.4. The van der Waals surface area contributed by atoms with E-state index in [0.29, 0.717) is 43.6 Å². The average molecular weight is 506 g/mol. The van der Waals surface area contributed by atoms with Gasteiger partial charge in [0.05, 0.1) is 10.9 Å². The van der Waals surface area contributed by atoms with Crippen LogP contribution in [-0.2, 0) is 6.18 Å². The van der Waals surface area contributed by atoms with Gasteiger partial charge in [0, 0.05) is 49.7 Å². The van der Waals surface area contributed by atoms with Gasteiger partial charge in [-0.15, -0.1) is 0 Å². The van der Waals surface area contributed by atoms with Crippen molar-refractivity contribution in [1.82, 2.24) is 30.2 Å². The molecule has 2 aliphatic heterocycles. The summed E-state index contributed by atoms with van der Waals surface area (Å²) >= 11 is 0. The highest BCUT2D eigenvalue weighted by molar-refractivity contribution is 5.89. The number of nitrogens with zero attached hydrogens (tertiary/aromatic N) is 6. The second kappa shape index (κ2) is 9.74. The number of ether oxygens (including phenoxy) is 1. The van der Waals surface area contributed by atoms with Gasteiger partial charge in [-0.25, -0.2) is 9.37 Å². The van der Waals surface area contributed by atoms with Crippen LogP contribution in [0, 0.1) is 5.82 Å². The molecule has 0 unspecified atom stereocenters. The summed E-state index contributed by atoms with van der Waals surface area (Å²) in [7, 11) is 2.03. The third-order valence-electron chi connectivity index (χ3n) is 6.83. The summed E-state index contributed by atoms with van der Waals surface area (Å²) in [6.45, 7) is 5.39. The molecule has 12 heteroatoms. The number of halogens is 4. The van der Waals surface area contributed by atoms with E-state index in [4.69, 9.17) is 4.74 Å². The Morgan fingerprint density at radius 3 is 2.75 bits per heavy atom. The summed E-state index contributed by atoms with van der Waals surface area (Å²) in [4.78, 5) is 21.1. The Morgan fingerprint density at radius 2 is 2.03 bits per heavy atom. The molecule has 0 aliphatic carbocycles. The van der Waals surface area contributed by atoms with Crippen molar-refractivity contribution in [2.24, 2.45) is 0 Å². The van der Waals surface area contributed by atoms with Crippen LogP contribution in [0.2, 0.25) is 0 Å². The highest BCUT2D eigenvalue weighted by Crippen LogP contribution is 2.38. The second-order valence-electron chi connectivity index (χ2n) is 9.27. The highest BCUT2D eigenvalue weighted by atomic mass is 19.4. The van der Waals surface area contributed by atoms with Gasteiger partial charge in [0.15, 0.2) is 5.65 Å². The summed E-state index contributed by atoms with van der Waals surface area (Å²) in [6, 6.07) is 2.60. The fraction of sp³-hybridized carbons (Fsp3) is 0.500.